The number of nitrogens with one attached hydrogen (secondary N) is 2. The van der Waals surface area contributed by atoms with Crippen molar-refractivity contribution in [1.82, 2.24) is 15.1 Å². The van der Waals surface area contributed by atoms with Gasteiger partial charge in [-0.1, -0.05) is 18.2 Å². The van der Waals surface area contributed by atoms with E-state index in [1.807, 2.05) is 51.0 Å². The zero-order valence-corrected chi connectivity index (χ0v) is 16.5. The molecule has 2 amide bonds. The highest BCUT2D eigenvalue weighted by Crippen LogP contribution is 2.27. The van der Waals surface area contributed by atoms with Crippen molar-refractivity contribution in [3.63, 3.8) is 0 Å². The van der Waals surface area contributed by atoms with Crippen LogP contribution < -0.4 is 10.6 Å². The Bertz CT molecular complexity index is 606. The Hall–Kier alpha value is -1.92. The van der Waals surface area contributed by atoms with Gasteiger partial charge in [-0.2, -0.15) is 0 Å². The Morgan fingerprint density at radius 2 is 1.73 bits per heavy atom. The van der Waals surface area contributed by atoms with Crippen molar-refractivity contribution in [3.8, 4) is 0 Å². The smallest absolute Gasteiger partial charge is 0.238 e. The summed E-state index contributed by atoms with van der Waals surface area (Å²) in [6.45, 7) is 6.44. The molecule has 0 unspecified atom stereocenters. The monoisotopic (exact) mass is 360 g/mol. The molecule has 0 heterocycles. The van der Waals surface area contributed by atoms with E-state index in [0.717, 1.165) is 36.2 Å². The third kappa shape index (κ3) is 6.77. The number of nitrogens with zero attached hydrogens (tertiary/aromatic N) is 2. The van der Waals surface area contributed by atoms with Gasteiger partial charge < -0.3 is 15.5 Å². The number of carbonyl (C=O) groups is 2. The molecule has 6 heteroatoms. The van der Waals surface area contributed by atoms with Crippen molar-refractivity contribution in [2.45, 2.75) is 39.2 Å². The van der Waals surface area contributed by atoms with Gasteiger partial charge in [0.1, 0.15) is 0 Å². The molecule has 0 aliphatic heterocycles. The van der Waals surface area contributed by atoms with Gasteiger partial charge in [0, 0.05) is 37.8 Å². The van der Waals surface area contributed by atoms with Crippen LogP contribution in [0.3, 0.4) is 0 Å². The molecule has 0 atom stereocenters. The molecular formula is C20H32N4O2. The van der Waals surface area contributed by atoms with Gasteiger partial charge in [0.25, 0.3) is 0 Å². The predicted octanol–water partition coefficient (Wildman–Crippen LogP) is 1.77. The lowest BCUT2D eigenvalue weighted by Gasteiger charge is -2.22. The van der Waals surface area contributed by atoms with Gasteiger partial charge in [0.15, 0.2) is 0 Å². The Kier molecular flexibility index (Phi) is 7.60. The van der Waals surface area contributed by atoms with Crippen LogP contribution in [0.25, 0.3) is 0 Å². The quantitative estimate of drug-likeness (QED) is 0.668. The molecule has 1 fully saturated rings. The second-order valence-corrected chi connectivity index (χ2v) is 7.42. The zero-order chi connectivity index (χ0) is 19.1. The van der Waals surface area contributed by atoms with E-state index in [9.17, 15) is 9.59 Å². The van der Waals surface area contributed by atoms with Gasteiger partial charge in [-0.3, -0.25) is 14.5 Å². The Labute approximate surface area is 156 Å². The van der Waals surface area contributed by atoms with E-state index < -0.39 is 0 Å². The fourth-order valence-electron chi connectivity index (χ4n) is 2.96. The molecule has 1 aromatic carbocycles. The maximum Gasteiger partial charge on any atom is 0.238 e. The van der Waals surface area contributed by atoms with Crippen LogP contribution in [0.4, 0.5) is 5.69 Å². The minimum absolute atomic E-state index is 0.0117. The summed E-state index contributed by atoms with van der Waals surface area (Å²) >= 11 is 0. The number of hydrogen-bond donors (Lipinski definition) is 2. The predicted molar refractivity (Wildman–Crippen MR) is 105 cm³/mol. The van der Waals surface area contributed by atoms with Gasteiger partial charge >= 0.3 is 0 Å². The van der Waals surface area contributed by atoms with Gasteiger partial charge in [0.05, 0.1) is 6.54 Å². The number of rotatable bonds is 10. The molecule has 0 radical (unpaired) electrons. The SMILES string of the molecule is Cc1cccc(C)c1NC(=O)CN(CCC(=O)NCCN(C)C)C1CC1. The highest BCUT2D eigenvalue weighted by atomic mass is 16.2. The summed E-state index contributed by atoms with van der Waals surface area (Å²) in [4.78, 5) is 28.6. The summed E-state index contributed by atoms with van der Waals surface area (Å²) in [7, 11) is 3.96. The average Bonchev–Trinajstić information content (AvgIpc) is 3.39. The number of hydrogen-bond acceptors (Lipinski definition) is 4. The first-order valence-electron chi connectivity index (χ1n) is 9.38. The maximum absolute atomic E-state index is 12.5. The summed E-state index contributed by atoms with van der Waals surface area (Å²) in [6.07, 6.45) is 2.65. The summed E-state index contributed by atoms with van der Waals surface area (Å²) in [5, 5.41) is 5.97. The highest BCUT2D eigenvalue weighted by molar-refractivity contribution is 5.93. The van der Waals surface area contributed by atoms with Crippen LogP contribution in [-0.4, -0.2) is 67.9 Å². The van der Waals surface area contributed by atoms with Crippen LogP contribution in [-0.2, 0) is 9.59 Å². The van der Waals surface area contributed by atoms with Crippen molar-refractivity contribution in [3.05, 3.63) is 29.3 Å². The molecular weight excluding hydrogens is 328 g/mol. The topological polar surface area (TPSA) is 64.7 Å². The molecule has 0 bridgehead atoms. The molecule has 1 aliphatic carbocycles. The number of carbonyl (C=O) groups excluding carboxylic acids is 2. The standard InChI is InChI=1S/C20H32N4O2/c1-15-6-5-7-16(2)20(15)22-19(26)14-24(17-8-9-17)12-10-18(25)21-11-13-23(3)4/h5-7,17H,8-14H2,1-4H3,(H,21,25)(H,22,26). The fraction of sp³-hybridized carbons (Fsp3) is 0.600. The molecule has 1 aliphatic rings. The fourth-order valence-corrected chi connectivity index (χ4v) is 2.96. The maximum atomic E-state index is 12.5. The normalized spacial score (nSPS) is 13.9. The average molecular weight is 361 g/mol. The number of benzene rings is 1. The highest BCUT2D eigenvalue weighted by Gasteiger charge is 2.30. The van der Waals surface area contributed by atoms with Crippen molar-refractivity contribution < 1.29 is 9.59 Å². The number of amides is 2. The van der Waals surface area contributed by atoms with E-state index in [2.05, 4.69) is 15.5 Å². The number of likely N-dealkylation sites (N-methyl/N-ethyl adjacent to an activating group) is 1. The lowest BCUT2D eigenvalue weighted by molar-refractivity contribution is -0.122. The molecule has 0 spiro atoms. The van der Waals surface area contributed by atoms with E-state index >= 15 is 0 Å². The molecule has 2 rings (SSSR count). The van der Waals surface area contributed by atoms with Crippen molar-refractivity contribution in [1.29, 1.82) is 0 Å². The number of para-hydroxylation sites is 1. The third-order valence-electron chi connectivity index (χ3n) is 4.66. The van der Waals surface area contributed by atoms with E-state index in [4.69, 9.17) is 0 Å². The molecule has 2 N–H and O–H groups in total. The van der Waals surface area contributed by atoms with Crippen LogP contribution in [0.5, 0.6) is 0 Å². The summed E-state index contributed by atoms with van der Waals surface area (Å²) < 4.78 is 0. The van der Waals surface area contributed by atoms with Crippen LogP contribution in [0.2, 0.25) is 0 Å². The minimum atomic E-state index is -0.0117. The molecule has 26 heavy (non-hydrogen) atoms. The van der Waals surface area contributed by atoms with E-state index in [1.165, 1.54) is 0 Å². The van der Waals surface area contributed by atoms with E-state index in [1.54, 1.807) is 0 Å². The molecule has 0 saturated heterocycles. The third-order valence-corrected chi connectivity index (χ3v) is 4.66. The zero-order valence-electron chi connectivity index (χ0n) is 16.5. The van der Waals surface area contributed by atoms with Crippen molar-refractivity contribution in [2.24, 2.45) is 0 Å². The first-order chi connectivity index (χ1) is 12.4. The van der Waals surface area contributed by atoms with Crippen LogP contribution in [0, 0.1) is 13.8 Å². The van der Waals surface area contributed by atoms with Crippen LogP contribution in [0.15, 0.2) is 18.2 Å². The van der Waals surface area contributed by atoms with Crippen molar-refractivity contribution >= 4 is 17.5 Å². The second-order valence-electron chi connectivity index (χ2n) is 7.42. The largest absolute Gasteiger partial charge is 0.355 e. The van der Waals surface area contributed by atoms with E-state index in [-0.39, 0.29) is 11.8 Å². The molecule has 6 nitrogen and oxygen atoms in total. The van der Waals surface area contributed by atoms with E-state index in [0.29, 0.717) is 32.1 Å². The summed E-state index contributed by atoms with van der Waals surface area (Å²) in [5.74, 6) is 0.0370. The molecule has 1 aromatic rings. The summed E-state index contributed by atoms with van der Waals surface area (Å²) in [6, 6.07) is 6.43. The minimum Gasteiger partial charge on any atom is -0.355 e. The number of aryl methyl sites for hydroxylation is 2. The van der Waals surface area contributed by atoms with Gasteiger partial charge in [-0.15, -0.1) is 0 Å². The lowest BCUT2D eigenvalue weighted by Crippen LogP contribution is -2.38. The van der Waals surface area contributed by atoms with Gasteiger partial charge in [0.2, 0.25) is 11.8 Å². The molecule has 1 saturated carbocycles. The van der Waals surface area contributed by atoms with Crippen molar-refractivity contribution in [2.75, 3.05) is 45.6 Å². The van der Waals surface area contributed by atoms with Crippen LogP contribution >= 0.6 is 0 Å². The van der Waals surface area contributed by atoms with Gasteiger partial charge in [-0.25, -0.2) is 0 Å². The first kappa shape index (κ1) is 20.4. The van der Waals surface area contributed by atoms with Gasteiger partial charge in [-0.05, 0) is 51.9 Å². The molecule has 144 valence electrons. The van der Waals surface area contributed by atoms with Crippen LogP contribution in [0.1, 0.15) is 30.4 Å². The Morgan fingerprint density at radius 3 is 2.31 bits per heavy atom. The summed E-state index contributed by atoms with van der Waals surface area (Å²) in [5.41, 5.74) is 3.03. The number of anilines is 1. The first-order valence-corrected chi connectivity index (χ1v) is 9.38. The Balaban J connectivity index is 1.80. The second kappa shape index (κ2) is 9.69. The Morgan fingerprint density at radius 1 is 1.08 bits per heavy atom. The molecule has 0 aromatic heterocycles. The lowest BCUT2D eigenvalue weighted by atomic mass is 10.1.